The van der Waals surface area contributed by atoms with Crippen LogP contribution >= 0.6 is 12.4 Å². The summed E-state index contributed by atoms with van der Waals surface area (Å²) in [5, 5.41) is 3.36. The van der Waals surface area contributed by atoms with E-state index in [0.717, 1.165) is 31.5 Å². The summed E-state index contributed by atoms with van der Waals surface area (Å²) in [6.07, 6.45) is 5.05. The normalized spacial score (nSPS) is 15.2. The van der Waals surface area contributed by atoms with Crippen LogP contribution in [0.1, 0.15) is 35.7 Å². The lowest BCUT2D eigenvalue weighted by Crippen LogP contribution is -2.42. The van der Waals surface area contributed by atoms with Crippen LogP contribution in [-0.2, 0) is 0 Å². The Labute approximate surface area is 153 Å². The molecule has 1 fully saturated rings. The SMILES string of the molecule is CCNCC1CCN(C(=O)c2cnc3cc(C)ccn3c2=O)CC1.Cl. The molecule has 2 aromatic rings. The molecule has 25 heavy (non-hydrogen) atoms. The fourth-order valence-corrected chi connectivity index (χ4v) is 3.18. The summed E-state index contributed by atoms with van der Waals surface area (Å²) >= 11 is 0. The lowest BCUT2D eigenvalue weighted by molar-refractivity contribution is 0.0688. The first kappa shape index (κ1) is 19.4. The van der Waals surface area contributed by atoms with E-state index in [4.69, 9.17) is 0 Å². The van der Waals surface area contributed by atoms with Crippen LogP contribution in [0.2, 0.25) is 0 Å². The monoisotopic (exact) mass is 364 g/mol. The predicted octanol–water partition coefficient (Wildman–Crippen LogP) is 1.89. The van der Waals surface area contributed by atoms with Crippen molar-refractivity contribution in [1.82, 2.24) is 19.6 Å². The number of hydrogen-bond donors (Lipinski definition) is 1. The average molecular weight is 365 g/mol. The summed E-state index contributed by atoms with van der Waals surface area (Å²) in [5.41, 5.74) is 1.46. The van der Waals surface area contributed by atoms with E-state index in [1.807, 2.05) is 19.1 Å². The fourth-order valence-electron chi connectivity index (χ4n) is 3.18. The third kappa shape index (κ3) is 4.19. The van der Waals surface area contributed by atoms with Crippen LogP contribution in [0.15, 0.2) is 29.3 Å². The molecule has 1 saturated heterocycles. The number of aryl methyl sites for hydroxylation is 1. The number of carbonyl (C=O) groups is 1. The van der Waals surface area contributed by atoms with Crippen LogP contribution in [0.4, 0.5) is 0 Å². The van der Waals surface area contributed by atoms with Gasteiger partial charge in [-0.05, 0) is 56.5 Å². The molecule has 1 aliphatic rings. The number of aromatic nitrogens is 2. The van der Waals surface area contributed by atoms with Gasteiger partial charge >= 0.3 is 0 Å². The zero-order valence-corrected chi connectivity index (χ0v) is 15.5. The van der Waals surface area contributed by atoms with Crippen molar-refractivity contribution >= 4 is 24.0 Å². The van der Waals surface area contributed by atoms with Gasteiger partial charge in [-0.2, -0.15) is 0 Å². The molecule has 1 amide bonds. The van der Waals surface area contributed by atoms with Crippen molar-refractivity contribution < 1.29 is 4.79 Å². The first-order valence-corrected chi connectivity index (χ1v) is 8.58. The first-order chi connectivity index (χ1) is 11.6. The first-order valence-electron chi connectivity index (χ1n) is 8.58. The van der Waals surface area contributed by atoms with E-state index < -0.39 is 0 Å². The van der Waals surface area contributed by atoms with Crippen LogP contribution in [0.25, 0.3) is 5.65 Å². The van der Waals surface area contributed by atoms with Crippen LogP contribution < -0.4 is 10.9 Å². The van der Waals surface area contributed by atoms with E-state index in [9.17, 15) is 9.59 Å². The Morgan fingerprint density at radius 1 is 1.36 bits per heavy atom. The number of nitrogens with zero attached hydrogens (tertiary/aromatic N) is 3. The molecule has 0 radical (unpaired) electrons. The third-order valence-corrected chi connectivity index (χ3v) is 4.68. The highest BCUT2D eigenvalue weighted by Gasteiger charge is 2.25. The van der Waals surface area contributed by atoms with Crippen molar-refractivity contribution in [3.8, 4) is 0 Å². The highest BCUT2D eigenvalue weighted by atomic mass is 35.5. The quantitative estimate of drug-likeness (QED) is 0.899. The summed E-state index contributed by atoms with van der Waals surface area (Å²) in [4.78, 5) is 31.4. The molecule has 7 heteroatoms. The molecule has 0 bridgehead atoms. The molecular weight excluding hydrogens is 340 g/mol. The molecular formula is C18H25ClN4O2. The van der Waals surface area contributed by atoms with Gasteiger partial charge in [-0.3, -0.25) is 14.0 Å². The topological polar surface area (TPSA) is 66.7 Å². The number of rotatable bonds is 4. The van der Waals surface area contributed by atoms with Gasteiger partial charge in [0.15, 0.2) is 0 Å². The Morgan fingerprint density at radius 3 is 2.76 bits per heavy atom. The average Bonchev–Trinajstić information content (AvgIpc) is 2.60. The number of piperidine rings is 1. The lowest BCUT2D eigenvalue weighted by Gasteiger charge is -2.32. The largest absolute Gasteiger partial charge is 0.338 e. The van der Waals surface area contributed by atoms with E-state index >= 15 is 0 Å². The van der Waals surface area contributed by atoms with Gasteiger partial charge in [0.1, 0.15) is 11.2 Å². The summed E-state index contributed by atoms with van der Waals surface area (Å²) < 4.78 is 1.44. The third-order valence-electron chi connectivity index (χ3n) is 4.68. The Balaban J connectivity index is 0.00000225. The van der Waals surface area contributed by atoms with E-state index in [2.05, 4.69) is 17.2 Å². The van der Waals surface area contributed by atoms with Gasteiger partial charge in [-0.1, -0.05) is 6.92 Å². The summed E-state index contributed by atoms with van der Waals surface area (Å²) in [6, 6.07) is 3.68. The van der Waals surface area contributed by atoms with E-state index in [-0.39, 0.29) is 29.4 Å². The van der Waals surface area contributed by atoms with Crippen LogP contribution in [-0.4, -0.2) is 46.4 Å². The molecule has 1 aliphatic heterocycles. The number of halogens is 1. The summed E-state index contributed by atoms with van der Waals surface area (Å²) in [5.74, 6) is 0.400. The van der Waals surface area contributed by atoms with Crippen molar-refractivity contribution in [2.75, 3.05) is 26.2 Å². The number of pyridine rings is 1. The lowest BCUT2D eigenvalue weighted by atomic mass is 9.96. The molecule has 136 valence electrons. The number of carbonyl (C=O) groups excluding carboxylic acids is 1. The molecule has 0 unspecified atom stereocenters. The van der Waals surface area contributed by atoms with Gasteiger partial charge in [0.2, 0.25) is 0 Å². The standard InChI is InChI=1S/C18H24N4O2.ClH/c1-3-19-11-14-5-7-21(8-6-14)17(23)15-12-20-16-10-13(2)4-9-22(16)18(15)24;/h4,9-10,12,14,19H,3,5-8,11H2,1-2H3;1H. The van der Waals surface area contributed by atoms with E-state index in [0.29, 0.717) is 24.7 Å². The molecule has 0 atom stereocenters. The molecule has 0 aliphatic carbocycles. The van der Waals surface area contributed by atoms with Crippen molar-refractivity contribution in [2.45, 2.75) is 26.7 Å². The highest BCUT2D eigenvalue weighted by Crippen LogP contribution is 2.17. The molecule has 6 nitrogen and oxygen atoms in total. The second-order valence-electron chi connectivity index (χ2n) is 6.45. The van der Waals surface area contributed by atoms with Gasteiger partial charge in [-0.15, -0.1) is 12.4 Å². The minimum atomic E-state index is -0.292. The Morgan fingerprint density at radius 2 is 2.08 bits per heavy atom. The molecule has 3 heterocycles. The maximum absolute atomic E-state index is 12.7. The fraction of sp³-hybridized carbons (Fsp3) is 0.500. The summed E-state index contributed by atoms with van der Waals surface area (Å²) in [6.45, 7) is 7.41. The van der Waals surface area contributed by atoms with Crippen molar-refractivity contribution in [3.63, 3.8) is 0 Å². The number of amides is 1. The maximum Gasteiger partial charge on any atom is 0.270 e. The Hall–Kier alpha value is -1.92. The van der Waals surface area contributed by atoms with Crippen LogP contribution in [0, 0.1) is 12.8 Å². The molecule has 3 rings (SSSR count). The van der Waals surface area contributed by atoms with E-state index in [1.165, 1.54) is 10.6 Å². The second-order valence-corrected chi connectivity index (χ2v) is 6.45. The van der Waals surface area contributed by atoms with Gasteiger partial charge in [0, 0.05) is 25.5 Å². The van der Waals surface area contributed by atoms with Gasteiger partial charge in [0.05, 0.1) is 0 Å². The van der Waals surface area contributed by atoms with Crippen molar-refractivity contribution in [2.24, 2.45) is 5.92 Å². The minimum Gasteiger partial charge on any atom is -0.338 e. The van der Waals surface area contributed by atoms with Gasteiger partial charge < -0.3 is 10.2 Å². The number of nitrogens with one attached hydrogen (secondary N) is 1. The van der Waals surface area contributed by atoms with Crippen molar-refractivity contribution in [3.05, 3.63) is 46.0 Å². The molecule has 1 N–H and O–H groups in total. The van der Waals surface area contributed by atoms with E-state index in [1.54, 1.807) is 11.1 Å². The van der Waals surface area contributed by atoms with Gasteiger partial charge in [0.25, 0.3) is 11.5 Å². The van der Waals surface area contributed by atoms with Crippen LogP contribution in [0.5, 0.6) is 0 Å². The smallest absolute Gasteiger partial charge is 0.270 e. The zero-order chi connectivity index (χ0) is 17.1. The van der Waals surface area contributed by atoms with Gasteiger partial charge in [-0.25, -0.2) is 4.98 Å². The number of likely N-dealkylation sites (tertiary alicyclic amines) is 1. The molecule has 0 spiro atoms. The maximum atomic E-state index is 12.7. The minimum absolute atomic E-state index is 0. The second kappa shape index (κ2) is 8.45. The molecule has 0 aromatic carbocycles. The predicted molar refractivity (Wildman–Crippen MR) is 101 cm³/mol. The van der Waals surface area contributed by atoms with Crippen molar-refractivity contribution in [1.29, 1.82) is 0 Å². The Kier molecular flexibility index (Phi) is 6.56. The highest BCUT2D eigenvalue weighted by molar-refractivity contribution is 5.93. The number of fused-ring (bicyclic) bond motifs is 1. The van der Waals surface area contributed by atoms with Crippen LogP contribution in [0.3, 0.4) is 0 Å². The number of hydrogen-bond acceptors (Lipinski definition) is 4. The molecule has 2 aromatic heterocycles. The Bertz CT molecular complexity index is 797. The summed E-state index contributed by atoms with van der Waals surface area (Å²) in [7, 11) is 0. The molecule has 0 saturated carbocycles. The zero-order valence-electron chi connectivity index (χ0n) is 14.7.